The van der Waals surface area contributed by atoms with Crippen molar-refractivity contribution in [2.24, 2.45) is 0 Å². The highest BCUT2D eigenvalue weighted by atomic mass is 16.5. The number of methoxy groups -OCH3 is 1. The lowest BCUT2D eigenvalue weighted by Gasteiger charge is -2.12. The van der Waals surface area contributed by atoms with Gasteiger partial charge in [0.1, 0.15) is 12.2 Å². The summed E-state index contributed by atoms with van der Waals surface area (Å²) in [6.07, 6.45) is 1.79. The van der Waals surface area contributed by atoms with Gasteiger partial charge in [-0.25, -0.2) is 4.79 Å². The summed E-state index contributed by atoms with van der Waals surface area (Å²) in [7, 11) is 4.65. The molecule has 1 N–H and O–H groups in total. The Bertz CT molecular complexity index is 1800. The maximum Gasteiger partial charge on any atom is 0.329 e. The Morgan fingerprint density at radius 1 is 0.973 bits per heavy atom. The fourth-order valence-corrected chi connectivity index (χ4v) is 4.43. The number of ketones is 1. The predicted molar refractivity (Wildman–Crippen MR) is 140 cm³/mol. The summed E-state index contributed by atoms with van der Waals surface area (Å²) in [5.74, 6) is -0.171. The van der Waals surface area contributed by atoms with Crippen LogP contribution in [0.3, 0.4) is 0 Å². The fourth-order valence-electron chi connectivity index (χ4n) is 4.43. The number of ether oxygens (including phenoxy) is 1. The zero-order chi connectivity index (χ0) is 26.3. The summed E-state index contributed by atoms with van der Waals surface area (Å²) in [4.78, 5) is 55.8. The van der Waals surface area contributed by atoms with Gasteiger partial charge < -0.3 is 19.0 Å². The van der Waals surface area contributed by atoms with Crippen LogP contribution in [0.25, 0.3) is 27.5 Å². The van der Waals surface area contributed by atoms with Crippen LogP contribution >= 0.6 is 0 Å². The Labute approximate surface area is 211 Å². The van der Waals surface area contributed by atoms with E-state index in [1.165, 1.54) is 17.0 Å². The zero-order valence-electron chi connectivity index (χ0n) is 20.5. The van der Waals surface area contributed by atoms with Crippen LogP contribution < -0.4 is 16.0 Å². The molecule has 5 aromatic rings. The number of hydrogen-bond donors (Lipinski definition) is 1. The number of fused-ring (bicyclic) bond motifs is 2. The molecule has 9 heteroatoms. The molecule has 3 aromatic heterocycles. The van der Waals surface area contributed by atoms with Crippen LogP contribution in [-0.4, -0.2) is 51.7 Å². The highest BCUT2D eigenvalue weighted by molar-refractivity contribution is 6.15. The van der Waals surface area contributed by atoms with Crippen LogP contribution in [0.15, 0.2) is 82.5 Å². The lowest BCUT2D eigenvalue weighted by atomic mass is 9.98. The summed E-state index contributed by atoms with van der Waals surface area (Å²) in [6.45, 7) is -0.409. The molecule has 0 fully saturated rings. The van der Waals surface area contributed by atoms with Gasteiger partial charge in [0.25, 0.3) is 5.56 Å². The average molecular weight is 497 g/mol. The second-order valence-corrected chi connectivity index (χ2v) is 8.78. The molecule has 0 unspecified atom stereocenters. The third-order valence-corrected chi connectivity index (χ3v) is 6.32. The maximum atomic E-state index is 14.0. The normalized spacial score (nSPS) is 11.1. The molecule has 0 radical (unpaired) electrons. The van der Waals surface area contributed by atoms with E-state index in [9.17, 15) is 19.2 Å². The number of hydrogen-bond acceptors (Lipinski definition) is 5. The second-order valence-electron chi connectivity index (χ2n) is 8.78. The minimum Gasteiger partial charge on any atom is -0.494 e. The number of aromatic nitrogens is 3. The van der Waals surface area contributed by atoms with Crippen LogP contribution in [0.5, 0.6) is 5.75 Å². The van der Waals surface area contributed by atoms with Crippen molar-refractivity contribution in [2.45, 2.75) is 6.54 Å². The van der Waals surface area contributed by atoms with Gasteiger partial charge in [0.15, 0.2) is 5.75 Å². The van der Waals surface area contributed by atoms with Gasteiger partial charge in [-0.2, -0.15) is 0 Å². The average Bonchev–Trinajstić information content (AvgIpc) is 3.25. The number of likely N-dealkylation sites (N-methyl/N-ethyl adjacent to an activating group) is 1. The van der Waals surface area contributed by atoms with Gasteiger partial charge in [-0.05, 0) is 35.9 Å². The number of carbonyl (C=O) groups excluding carboxylic acids is 2. The van der Waals surface area contributed by atoms with E-state index in [0.717, 1.165) is 15.6 Å². The van der Waals surface area contributed by atoms with Gasteiger partial charge in [0, 0.05) is 25.9 Å². The molecule has 0 aliphatic rings. The van der Waals surface area contributed by atoms with E-state index in [1.54, 1.807) is 37.9 Å². The molecule has 0 saturated heterocycles. The molecule has 0 aliphatic heterocycles. The number of aromatic amines is 1. The van der Waals surface area contributed by atoms with Crippen LogP contribution in [0, 0.1) is 0 Å². The minimum atomic E-state index is -0.694. The monoisotopic (exact) mass is 496 g/mol. The van der Waals surface area contributed by atoms with E-state index < -0.39 is 23.7 Å². The number of nitrogens with zero attached hydrogens (tertiary/aromatic N) is 3. The summed E-state index contributed by atoms with van der Waals surface area (Å²) in [5, 5.41) is 0.131. The first-order valence-corrected chi connectivity index (χ1v) is 11.6. The van der Waals surface area contributed by atoms with Gasteiger partial charge >= 0.3 is 5.69 Å². The lowest BCUT2D eigenvalue weighted by molar-refractivity contribution is -0.129. The highest BCUT2D eigenvalue weighted by Gasteiger charge is 2.26. The Kier molecular flexibility index (Phi) is 5.96. The first-order chi connectivity index (χ1) is 17.8. The smallest absolute Gasteiger partial charge is 0.329 e. The largest absolute Gasteiger partial charge is 0.494 e. The Hall–Kier alpha value is -4.92. The first-order valence-electron chi connectivity index (χ1n) is 11.6. The van der Waals surface area contributed by atoms with Crippen molar-refractivity contribution in [3.63, 3.8) is 0 Å². The molecule has 2 aromatic carbocycles. The third-order valence-electron chi connectivity index (χ3n) is 6.32. The van der Waals surface area contributed by atoms with Gasteiger partial charge in [-0.3, -0.25) is 19.0 Å². The highest BCUT2D eigenvalue weighted by Crippen LogP contribution is 2.40. The van der Waals surface area contributed by atoms with Crippen LogP contribution in [0.2, 0.25) is 0 Å². The molecule has 0 spiro atoms. The zero-order valence-corrected chi connectivity index (χ0v) is 20.5. The molecule has 3 heterocycles. The van der Waals surface area contributed by atoms with Crippen molar-refractivity contribution in [3.8, 4) is 16.9 Å². The molecular formula is C28H24N4O5. The van der Waals surface area contributed by atoms with Crippen molar-refractivity contribution in [3.05, 3.63) is 105 Å². The van der Waals surface area contributed by atoms with Crippen molar-refractivity contribution in [1.82, 2.24) is 18.9 Å². The second kappa shape index (κ2) is 9.27. The van der Waals surface area contributed by atoms with Crippen molar-refractivity contribution >= 4 is 28.1 Å². The molecule has 5 rings (SSSR count). The van der Waals surface area contributed by atoms with E-state index >= 15 is 0 Å². The van der Waals surface area contributed by atoms with E-state index in [1.807, 2.05) is 48.5 Å². The summed E-state index contributed by atoms with van der Waals surface area (Å²) in [5.41, 5.74) is 1.74. The molecule has 0 atom stereocenters. The summed E-state index contributed by atoms with van der Waals surface area (Å²) >= 11 is 0. The molecule has 1 amide bonds. The van der Waals surface area contributed by atoms with E-state index in [4.69, 9.17) is 4.74 Å². The number of rotatable bonds is 6. The van der Waals surface area contributed by atoms with Crippen molar-refractivity contribution in [1.29, 1.82) is 0 Å². The molecule has 9 nitrogen and oxygen atoms in total. The first kappa shape index (κ1) is 23.8. The number of H-pyrrole nitrogens is 1. The Morgan fingerprint density at radius 3 is 2.41 bits per heavy atom. The lowest BCUT2D eigenvalue weighted by Crippen LogP contribution is -2.40. The predicted octanol–water partition coefficient (Wildman–Crippen LogP) is 2.94. The molecule has 0 bridgehead atoms. The van der Waals surface area contributed by atoms with Crippen LogP contribution in [0.1, 0.15) is 16.1 Å². The number of amides is 1. The third kappa shape index (κ3) is 4.00. The molecule has 37 heavy (non-hydrogen) atoms. The quantitative estimate of drug-likeness (QED) is 0.364. The van der Waals surface area contributed by atoms with Crippen molar-refractivity contribution in [2.75, 3.05) is 21.2 Å². The number of pyridine rings is 1. The summed E-state index contributed by atoms with van der Waals surface area (Å²) in [6, 6.07) is 19.6. The Morgan fingerprint density at radius 2 is 1.70 bits per heavy atom. The molecular weight excluding hydrogens is 472 g/mol. The van der Waals surface area contributed by atoms with E-state index in [2.05, 4.69) is 4.98 Å². The minimum absolute atomic E-state index is 0.131. The van der Waals surface area contributed by atoms with Gasteiger partial charge in [0.05, 0.1) is 29.1 Å². The number of carbonyl (C=O) groups is 2. The van der Waals surface area contributed by atoms with Crippen molar-refractivity contribution < 1.29 is 14.3 Å². The van der Waals surface area contributed by atoms with Gasteiger partial charge in [0.2, 0.25) is 11.7 Å². The van der Waals surface area contributed by atoms with Crippen LogP contribution in [0.4, 0.5) is 0 Å². The summed E-state index contributed by atoms with van der Waals surface area (Å²) < 4.78 is 8.36. The molecule has 0 saturated carbocycles. The molecule has 186 valence electrons. The topological polar surface area (TPSA) is 106 Å². The standard InChI is InChI=1S/C28H24N4O5/c1-30(2)22(33)16-32-27(35)19-15-18(12-13-20(19)29-28(32)36)25(34)24-23(17-9-5-4-6-10-17)26(37-3)21-11-7-8-14-31(21)24/h4-15H,16H2,1-3H3,(H,29,36). The number of benzene rings is 2. The van der Waals surface area contributed by atoms with E-state index in [-0.39, 0.29) is 22.2 Å². The maximum absolute atomic E-state index is 14.0. The Balaban J connectivity index is 1.72. The molecule has 0 aliphatic carbocycles. The van der Waals surface area contributed by atoms with Gasteiger partial charge in [-0.1, -0.05) is 36.4 Å². The fraction of sp³-hybridized carbons (Fsp3) is 0.143. The SMILES string of the molecule is COc1c(-c2ccccc2)c(C(=O)c2ccc3[nH]c(=O)n(CC(=O)N(C)C)c(=O)c3c2)n2ccccc12. The van der Waals surface area contributed by atoms with E-state index in [0.29, 0.717) is 17.0 Å². The van der Waals surface area contributed by atoms with Crippen LogP contribution in [-0.2, 0) is 11.3 Å². The van der Waals surface area contributed by atoms with Gasteiger partial charge in [-0.15, -0.1) is 0 Å². The number of nitrogens with one attached hydrogen (secondary N) is 1.